The Balaban J connectivity index is 1.65. The zero-order chi connectivity index (χ0) is 49.4. The van der Waals surface area contributed by atoms with Crippen molar-refractivity contribution in [2.45, 2.75) is 80.6 Å². The van der Waals surface area contributed by atoms with Crippen LogP contribution in [-0.4, -0.2) is 55.1 Å². The zero-order valence-electron chi connectivity index (χ0n) is 38.9. The molecule has 5 aromatic carbocycles. The lowest BCUT2D eigenvalue weighted by molar-refractivity contribution is -0.140. The largest absolute Gasteiger partial charge is 0.508 e. The van der Waals surface area contributed by atoms with Crippen LogP contribution in [0.4, 0.5) is 28.4 Å². The molecule has 4 atom stereocenters. The Morgan fingerprint density at radius 3 is 0.761 bits per heavy atom. The van der Waals surface area contributed by atoms with Crippen molar-refractivity contribution in [3.8, 4) is 28.7 Å². The van der Waals surface area contributed by atoms with Gasteiger partial charge in [0, 0.05) is 55.5 Å². The number of nitrogens with one attached hydrogen (secondary N) is 5. The highest BCUT2D eigenvalue weighted by molar-refractivity contribution is 6.02. The Morgan fingerprint density at radius 1 is 0.328 bits per heavy atom. The van der Waals surface area contributed by atoms with E-state index in [2.05, 4.69) is 26.6 Å². The van der Waals surface area contributed by atoms with Gasteiger partial charge in [-0.05, 0) is 153 Å². The number of carbonyl (C=O) groups is 5. The van der Waals surface area contributed by atoms with Crippen molar-refractivity contribution in [1.82, 2.24) is 0 Å². The van der Waals surface area contributed by atoms with E-state index in [0.717, 1.165) is 0 Å². The first-order chi connectivity index (χ1) is 31.4. The fourth-order valence-electron chi connectivity index (χ4n) is 8.83. The number of rotatable bonds is 19. The van der Waals surface area contributed by atoms with Gasteiger partial charge in [0.2, 0.25) is 29.5 Å². The molecule has 0 heterocycles. The van der Waals surface area contributed by atoms with E-state index in [1.54, 1.807) is 60.6 Å². The lowest BCUT2D eigenvalue weighted by Gasteiger charge is -2.46. The van der Waals surface area contributed by atoms with Gasteiger partial charge in [-0.15, -0.1) is 0 Å². The molecule has 0 aliphatic rings. The molecule has 0 spiro atoms. The van der Waals surface area contributed by atoms with Crippen molar-refractivity contribution in [1.29, 1.82) is 0 Å². The molecule has 15 nitrogen and oxygen atoms in total. The topological polar surface area (TPSA) is 247 Å². The second kappa shape index (κ2) is 20.3. The van der Waals surface area contributed by atoms with Gasteiger partial charge >= 0.3 is 0 Å². The normalized spacial score (nSPS) is 15.0. The van der Waals surface area contributed by atoms with Crippen molar-refractivity contribution >= 4 is 58.0 Å². The summed E-state index contributed by atoms with van der Waals surface area (Å²) in [5, 5.41) is 64.4. The molecule has 4 unspecified atom stereocenters. The van der Waals surface area contributed by atoms with Crippen molar-refractivity contribution in [3.63, 3.8) is 0 Å². The summed E-state index contributed by atoms with van der Waals surface area (Å²) in [7, 11) is 0. The van der Waals surface area contributed by atoms with E-state index in [1.807, 2.05) is 0 Å². The maximum absolute atomic E-state index is 15.2. The highest BCUT2D eigenvalue weighted by atomic mass is 16.3. The van der Waals surface area contributed by atoms with Gasteiger partial charge in [0.1, 0.15) is 28.7 Å². The van der Waals surface area contributed by atoms with E-state index in [1.165, 1.54) is 109 Å². The SMILES string of the molecule is CCC(C)(CC(C)(CC(C)(CC(C)(CC(C)(C)C(=O)Nc1ccc(O)cc1)C(=O)Nc1ccc(O)cc1)C(=O)Nc1ccc(O)cc1)C(=O)Nc1ccc(O)cc1)C(=O)Nc1ccc(O)cc1. The molecule has 5 amide bonds. The minimum Gasteiger partial charge on any atom is -0.508 e. The number of amides is 5. The summed E-state index contributed by atoms with van der Waals surface area (Å²) in [6.07, 6.45) is -0.559. The molecule has 0 aliphatic carbocycles. The minimum atomic E-state index is -1.68. The summed E-state index contributed by atoms with van der Waals surface area (Å²) >= 11 is 0. The highest BCUT2D eigenvalue weighted by Gasteiger charge is 2.54. The Kier molecular flexibility index (Phi) is 15.3. The molecule has 0 saturated carbocycles. The summed E-state index contributed by atoms with van der Waals surface area (Å²) in [6, 6.07) is 29.3. The first-order valence-corrected chi connectivity index (χ1v) is 21.9. The van der Waals surface area contributed by atoms with E-state index in [0.29, 0.717) is 28.4 Å². The van der Waals surface area contributed by atoms with Gasteiger partial charge in [0.25, 0.3) is 0 Å². The molecule has 15 heteroatoms. The Hall–Kier alpha value is -7.55. The predicted molar refractivity (Wildman–Crippen MR) is 259 cm³/mol. The summed E-state index contributed by atoms with van der Waals surface area (Å²) < 4.78 is 0. The Labute approximate surface area is 390 Å². The molecular weight excluding hydrogens is 855 g/mol. The number of phenolic OH excluding ortho intramolecular Hbond substituents is 5. The van der Waals surface area contributed by atoms with Crippen LogP contribution in [0.5, 0.6) is 28.7 Å². The van der Waals surface area contributed by atoms with Gasteiger partial charge in [0.05, 0.1) is 0 Å². The number of carbonyl (C=O) groups excluding carboxylic acids is 5. The summed E-state index contributed by atoms with van der Waals surface area (Å²) in [6.45, 7) is 11.8. The molecule has 10 N–H and O–H groups in total. The molecule has 0 fully saturated rings. The van der Waals surface area contributed by atoms with Gasteiger partial charge in [-0.3, -0.25) is 24.0 Å². The molecule has 0 radical (unpaired) electrons. The lowest BCUT2D eigenvalue weighted by Crippen LogP contribution is -2.51. The lowest BCUT2D eigenvalue weighted by atomic mass is 9.58. The molecule has 67 heavy (non-hydrogen) atoms. The standard InChI is InChI=1S/C52H61N5O10/c1-8-49(4,44(64)54-34-11-21-39(59)22-12-34)30-51(6,46(66)56-36-15-25-41(61)26-16-36)32-52(7,47(67)57-37-17-27-42(62)28-18-37)31-50(5,45(65)55-35-13-23-40(60)24-14-35)29-48(2,3)43(63)53-33-9-19-38(58)20-10-33/h9-28,58-62H,8,29-32H2,1-7H3,(H,53,63)(H,54,64)(H,55,65)(H,56,66)(H,57,67). The smallest absolute Gasteiger partial charge is 0.230 e. The minimum absolute atomic E-state index is 0.00145. The first-order valence-electron chi connectivity index (χ1n) is 21.9. The van der Waals surface area contributed by atoms with Crippen LogP contribution in [0, 0.1) is 27.1 Å². The third-order valence-corrected chi connectivity index (χ3v) is 12.4. The van der Waals surface area contributed by atoms with Crippen LogP contribution in [-0.2, 0) is 24.0 Å². The van der Waals surface area contributed by atoms with Gasteiger partial charge in [0.15, 0.2) is 0 Å². The number of aromatic hydroxyl groups is 5. The molecule has 0 aromatic heterocycles. The van der Waals surface area contributed by atoms with Gasteiger partial charge in [-0.25, -0.2) is 0 Å². The van der Waals surface area contributed by atoms with Crippen LogP contribution in [0.1, 0.15) is 80.6 Å². The fourth-order valence-corrected chi connectivity index (χ4v) is 8.83. The average Bonchev–Trinajstić information content (AvgIpc) is 3.27. The van der Waals surface area contributed by atoms with Crippen LogP contribution in [0.15, 0.2) is 121 Å². The fraction of sp³-hybridized carbons (Fsp3) is 0.327. The highest BCUT2D eigenvalue weighted by Crippen LogP contribution is 2.52. The van der Waals surface area contributed by atoms with E-state index in [9.17, 15) is 39.9 Å². The summed E-state index contributed by atoms with van der Waals surface area (Å²) in [4.78, 5) is 73.7. The number of hydrogen-bond acceptors (Lipinski definition) is 10. The van der Waals surface area contributed by atoms with E-state index in [4.69, 9.17) is 0 Å². The molecule has 0 saturated heterocycles. The zero-order valence-corrected chi connectivity index (χ0v) is 38.9. The van der Waals surface area contributed by atoms with Crippen LogP contribution in [0.25, 0.3) is 0 Å². The van der Waals surface area contributed by atoms with E-state index >= 15 is 9.59 Å². The number of anilines is 5. The summed E-state index contributed by atoms with van der Waals surface area (Å²) in [5.74, 6) is -2.75. The third-order valence-electron chi connectivity index (χ3n) is 12.4. The van der Waals surface area contributed by atoms with Gasteiger partial charge in [-0.1, -0.05) is 48.5 Å². The van der Waals surface area contributed by atoms with Crippen molar-refractivity contribution in [2.24, 2.45) is 27.1 Å². The third kappa shape index (κ3) is 13.1. The molecule has 5 aromatic rings. The van der Waals surface area contributed by atoms with E-state index in [-0.39, 0.29) is 60.9 Å². The molecule has 5 rings (SSSR count). The number of benzene rings is 5. The van der Waals surface area contributed by atoms with Crippen LogP contribution in [0.2, 0.25) is 0 Å². The summed E-state index contributed by atoms with van der Waals surface area (Å²) in [5.41, 5.74) is -5.66. The predicted octanol–water partition coefficient (Wildman–Crippen LogP) is 9.73. The molecule has 0 aliphatic heterocycles. The molecule has 0 bridgehead atoms. The Bertz CT molecular complexity index is 2550. The van der Waals surface area contributed by atoms with Crippen LogP contribution < -0.4 is 26.6 Å². The van der Waals surface area contributed by atoms with Crippen molar-refractivity contribution in [2.75, 3.05) is 26.6 Å². The maximum Gasteiger partial charge on any atom is 0.230 e. The van der Waals surface area contributed by atoms with E-state index < -0.39 is 56.6 Å². The van der Waals surface area contributed by atoms with Crippen molar-refractivity contribution < 1.29 is 49.5 Å². The number of phenols is 5. The molecular formula is C52H61N5O10. The second-order valence-corrected chi connectivity index (χ2v) is 19.2. The quantitative estimate of drug-likeness (QED) is 0.0351. The van der Waals surface area contributed by atoms with Crippen LogP contribution in [0.3, 0.4) is 0 Å². The number of hydrogen-bond donors (Lipinski definition) is 10. The van der Waals surface area contributed by atoms with Crippen molar-refractivity contribution in [3.05, 3.63) is 121 Å². The second-order valence-electron chi connectivity index (χ2n) is 19.2. The van der Waals surface area contributed by atoms with Crippen LogP contribution >= 0.6 is 0 Å². The Morgan fingerprint density at radius 2 is 0.522 bits per heavy atom. The van der Waals surface area contributed by atoms with Gasteiger partial charge in [-0.2, -0.15) is 0 Å². The molecule has 354 valence electrons. The first kappa shape index (κ1) is 50.4. The average molecular weight is 916 g/mol. The van der Waals surface area contributed by atoms with Gasteiger partial charge < -0.3 is 52.1 Å². The maximum atomic E-state index is 15.2. The monoisotopic (exact) mass is 915 g/mol.